The minimum Gasteiger partial charge on any atom is -0.392 e. The quantitative estimate of drug-likeness (QED) is 0.808. The second-order valence-electron chi connectivity index (χ2n) is 4.25. The Hall–Kier alpha value is -0.900. The van der Waals surface area contributed by atoms with Crippen LogP contribution in [0.1, 0.15) is 24.0 Å². The highest BCUT2D eigenvalue weighted by Crippen LogP contribution is 2.11. The van der Waals surface area contributed by atoms with Crippen molar-refractivity contribution < 1.29 is 9.84 Å². The fourth-order valence-electron chi connectivity index (χ4n) is 1.92. The van der Waals surface area contributed by atoms with Crippen LogP contribution in [0.25, 0.3) is 0 Å². The molecular weight excluding hydrogens is 202 g/mol. The Balaban J connectivity index is 1.79. The number of benzene rings is 1. The monoisotopic (exact) mass is 221 g/mol. The first kappa shape index (κ1) is 11.6. The molecule has 1 aromatic rings. The zero-order valence-corrected chi connectivity index (χ0v) is 9.48. The molecule has 1 aliphatic rings. The van der Waals surface area contributed by atoms with Crippen LogP contribution in [-0.4, -0.2) is 24.3 Å². The fraction of sp³-hybridized carbons (Fsp3) is 0.538. The van der Waals surface area contributed by atoms with Crippen molar-refractivity contribution in [1.82, 2.24) is 5.32 Å². The molecule has 2 rings (SSSR count). The van der Waals surface area contributed by atoms with Crippen LogP contribution < -0.4 is 5.32 Å². The van der Waals surface area contributed by atoms with Crippen molar-refractivity contribution in [3.05, 3.63) is 35.4 Å². The van der Waals surface area contributed by atoms with E-state index in [1.165, 1.54) is 12.0 Å². The summed E-state index contributed by atoms with van der Waals surface area (Å²) >= 11 is 0. The van der Waals surface area contributed by atoms with E-state index in [1.54, 1.807) is 0 Å². The first-order chi connectivity index (χ1) is 7.88. The number of hydrogen-bond acceptors (Lipinski definition) is 3. The molecule has 0 radical (unpaired) electrons. The highest BCUT2D eigenvalue weighted by Gasteiger charge is 2.12. The molecule has 0 spiro atoms. The Kier molecular flexibility index (Phi) is 4.34. The van der Waals surface area contributed by atoms with Crippen molar-refractivity contribution in [2.75, 3.05) is 13.1 Å². The predicted octanol–water partition coefficient (Wildman–Crippen LogP) is 1.45. The van der Waals surface area contributed by atoms with Gasteiger partial charge in [-0.3, -0.25) is 0 Å². The molecule has 1 heterocycles. The Labute approximate surface area is 96.4 Å². The van der Waals surface area contributed by atoms with E-state index in [9.17, 15) is 0 Å². The third-order valence-electron chi connectivity index (χ3n) is 2.94. The standard InChI is InChI=1S/C13H19NO2/c15-9-11-3-5-12(6-4-11)10-16-13-2-1-7-14-8-13/h3-6,13-15H,1-2,7-10H2. The van der Waals surface area contributed by atoms with E-state index in [4.69, 9.17) is 9.84 Å². The van der Waals surface area contributed by atoms with E-state index in [1.807, 2.05) is 24.3 Å². The molecule has 3 heteroatoms. The number of aliphatic hydroxyl groups is 1. The van der Waals surface area contributed by atoms with Crippen LogP contribution in [0.15, 0.2) is 24.3 Å². The van der Waals surface area contributed by atoms with Gasteiger partial charge in [-0.1, -0.05) is 24.3 Å². The van der Waals surface area contributed by atoms with Crippen LogP contribution in [0.2, 0.25) is 0 Å². The average Bonchev–Trinajstić information content (AvgIpc) is 2.38. The minimum absolute atomic E-state index is 0.105. The van der Waals surface area contributed by atoms with Crippen molar-refractivity contribution in [2.45, 2.75) is 32.2 Å². The van der Waals surface area contributed by atoms with E-state index >= 15 is 0 Å². The lowest BCUT2D eigenvalue weighted by Crippen LogP contribution is -2.35. The summed E-state index contributed by atoms with van der Waals surface area (Å²) in [6, 6.07) is 7.92. The Morgan fingerprint density at radius 3 is 2.62 bits per heavy atom. The summed E-state index contributed by atoms with van der Waals surface area (Å²) in [5, 5.41) is 12.3. The van der Waals surface area contributed by atoms with Crippen LogP contribution in [0, 0.1) is 0 Å². The highest BCUT2D eigenvalue weighted by molar-refractivity contribution is 5.21. The van der Waals surface area contributed by atoms with Crippen molar-refractivity contribution in [1.29, 1.82) is 0 Å². The molecule has 1 fully saturated rings. The van der Waals surface area contributed by atoms with E-state index in [2.05, 4.69) is 5.32 Å². The van der Waals surface area contributed by atoms with Crippen molar-refractivity contribution >= 4 is 0 Å². The van der Waals surface area contributed by atoms with Gasteiger partial charge in [0.1, 0.15) is 0 Å². The number of aliphatic hydroxyl groups excluding tert-OH is 1. The molecule has 1 aromatic carbocycles. The van der Waals surface area contributed by atoms with E-state index in [0.29, 0.717) is 12.7 Å². The molecule has 1 saturated heterocycles. The normalized spacial score (nSPS) is 20.9. The van der Waals surface area contributed by atoms with Crippen LogP contribution in [0.3, 0.4) is 0 Å². The average molecular weight is 221 g/mol. The molecule has 2 N–H and O–H groups in total. The molecule has 0 bridgehead atoms. The largest absolute Gasteiger partial charge is 0.392 e. The molecule has 1 atom stereocenters. The first-order valence-electron chi connectivity index (χ1n) is 5.89. The summed E-state index contributed by atoms with van der Waals surface area (Å²) in [4.78, 5) is 0. The van der Waals surface area contributed by atoms with Gasteiger partial charge in [0, 0.05) is 6.54 Å². The third kappa shape index (κ3) is 3.30. The maximum Gasteiger partial charge on any atom is 0.0721 e. The number of ether oxygens (including phenoxy) is 1. The molecule has 3 nitrogen and oxygen atoms in total. The van der Waals surface area contributed by atoms with Crippen LogP contribution in [0.4, 0.5) is 0 Å². The molecule has 0 saturated carbocycles. The van der Waals surface area contributed by atoms with Gasteiger partial charge in [0.05, 0.1) is 19.3 Å². The van der Waals surface area contributed by atoms with Gasteiger partial charge in [-0.05, 0) is 30.5 Å². The van der Waals surface area contributed by atoms with Gasteiger partial charge in [-0.15, -0.1) is 0 Å². The van der Waals surface area contributed by atoms with Crippen LogP contribution in [0.5, 0.6) is 0 Å². The summed E-state index contributed by atoms with van der Waals surface area (Å²) in [5.74, 6) is 0. The molecule has 16 heavy (non-hydrogen) atoms. The molecular formula is C13H19NO2. The highest BCUT2D eigenvalue weighted by atomic mass is 16.5. The van der Waals surface area contributed by atoms with Gasteiger partial charge >= 0.3 is 0 Å². The molecule has 0 aromatic heterocycles. The number of hydrogen-bond donors (Lipinski definition) is 2. The minimum atomic E-state index is 0.105. The van der Waals surface area contributed by atoms with Gasteiger partial charge in [0.25, 0.3) is 0 Å². The Morgan fingerprint density at radius 1 is 1.25 bits per heavy atom. The van der Waals surface area contributed by atoms with Gasteiger partial charge in [0.2, 0.25) is 0 Å². The topological polar surface area (TPSA) is 41.5 Å². The van der Waals surface area contributed by atoms with Crippen molar-refractivity contribution in [3.63, 3.8) is 0 Å². The van der Waals surface area contributed by atoms with Crippen molar-refractivity contribution in [3.8, 4) is 0 Å². The summed E-state index contributed by atoms with van der Waals surface area (Å²) in [6.45, 7) is 2.85. The number of piperidine rings is 1. The lowest BCUT2D eigenvalue weighted by Gasteiger charge is -2.23. The van der Waals surface area contributed by atoms with Gasteiger partial charge in [0.15, 0.2) is 0 Å². The molecule has 0 amide bonds. The second-order valence-corrected chi connectivity index (χ2v) is 4.25. The number of nitrogens with one attached hydrogen (secondary N) is 1. The molecule has 1 aliphatic heterocycles. The van der Waals surface area contributed by atoms with E-state index < -0.39 is 0 Å². The maximum absolute atomic E-state index is 8.92. The summed E-state index contributed by atoms with van der Waals surface area (Å²) in [7, 11) is 0. The van der Waals surface area contributed by atoms with Crippen molar-refractivity contribution in [2.24, 2.45) is 0 Å². The predicted molar refractivity (Wildman–Crippen MR) is 63.0 cm³/mol. The second kappa shape index (κ2) is 5.99. The fourth-order valence-corrected chi connectivity index (χ4v) is 1.92. The summed E-state index contributed by atoms with van der Waals surface area (Å²) in [6.07, 6.45) is 2.71. The Morgan fingerprint density at radius 2 is 2.00 bits per heavy atom. The van der Waals surface area contributed by atoms with E-state index in [0.717, 1.165) is 25.1 Å². The Bertz CT molecular complexity index is 304. The summed E-state index contributed by atoms with van der Waals surface area (Å²) < 4.78 is 5.82. The third-order valence-corrected chi connectivity index (χ3v) is 2.94. The SMILES string of the molecule is OCc1ccc(COC2CCCNC2)cc1. The smallest absolute Gasteiger partial charge is 0.0721 e. The van der Waals surface area contributed by atoms with E-state index in [-0.39, 0.29) is 6.61 Å². The zero-order chi connectivity index (χ0) is 11.2. The van der Waals surface area contributed by atoms with Crippen LogP contribution >= 0.6 is 0 Å². The van der Waals surface area contributed by atoms with Crippen LogP contribution in [-0.2, 0) is 18.0 Å². The lowest BCUT2D eigenvalue weighted by molar-refractivity contribution is 0.0253. The molecule has 88 valence electrons. The first-order valence-corrected chi connectivity index (χ1v) is 5.89. The maximum atomic E-state index is 8.92. The van der Waals surface area contributed by atoms with Gasteiger partial charge in [-0.2, -0.15) is 0 Å². The van der Waals surface area contributed by atoms with Gasteiger partial charge < -0.3 is 15.2 Å². The summed E-state index contributed by atoms with van der Waals surface area (Å²) in [5.41, 5.74) is 2.12. The van der Waals surface area contributed by atoms with Gasteiger partial charge in [-0.25, -0.2) is 0 Å². The zero-order valence-electron chi connectivity index (χ0n) is 9.48. The molecule has 1 unspecified atom stereocenters. The lowest BCUT2D eigenvalue weighted by atomic mass is 10.1. The number of rotatable bonds is 4. The molecule has 0 aliphatic carbocycles.